The average molecular weight is 408 g/mol. The molecule has 1 aliphatic heterocycles. The first-order valence-electron chi connectivity index (χ1n) is 6.28. The summed E-state index contributed by atoms with van der Waals surface area (Å²) in [6.07, 6.45) is 0.994. The van der Waals surface area contributed by atoms with Crippen molar-refractivity contribution < 1.29 is 9.18 Å². The van der Waals surface area contributed by atoms with E-state index in [2.05, 4.69) is 10.3 Å². The van der Waals surface area contributed by atoms with Crippen molar-refractivity contribution in [3.05, 3.63) is 27.3 Å². The van der Waals surface area contributed by atoms with E-state index < -0.39 is 0 Å². The van der Waals surface area contributed by atoms with Gasteiger partial charge in [0.1, 0.15) is 11.6 Å². The molecule has 7 heteroatoms. The highest BCUT2D eigenvalue weighted by atomic mass is 127. The van der Waals surface area contributed by atoms with Crippen LogP contribution in [-0.4, -0.2) is 27.9 Å². The summed E-state index contributed by atoms with van der Waals surface area (Å²) in [6.45, 7) is 0.549. The van der Waals surface area contributed by atoms with E-state index in [-0.39, 0.29) is 17.8 Å². The van der Waals surface area contributed by atoms with Crippen LogP contribution in [0.5, 0.6) is 0 Å². The Morgan fingerprint density at radius 2 is 2.35 bits per heavy atom. The normalized spacial score (nSPS) is 18.8. The molecule has 1 aromatic carbocycles. The van der Waals surface area contributed by atoms with Gasteiger partial charge in [0.05, 0.1) is 20.6 Å². The van der Waals surface area contributed by atoms with Gasteiger partial charge < -0.3 is 9.88 Å². The molecule has 1 saturated heterocycles. The van der Waals surface area contributed by atoms with Crippen LogP contribution in [0.25, 0.3) is 11.0 Å². The van der Waals surface area contributed by atoms with Gasteiger partial charge in [0.15, 0.2) is 0 Å². The molecule has 0 aliphatic carbocycles. The summed E-state index contributed by atoms with van der Waals surface area (Å²) in [5.41, 5.74) is 1.47. The molecule has 1 fully saturated rings. The third kappa shape index (κ3) is 2.39. The predicted molar refractivity (Wildman–Crippen MR) is 83.5 cm³/mol. The molecule has 20 heavy (non-hydrogen) atoms. The summed E-state index contributed by atoms with van der Waals surface area (Å²) in [5.74, 6) is 0.989. The Morgan fingerprint density at radius 3 is 3.00 bits per heavy atom. The lowest BCUT2D eigenvalue weighted by Gasteiger charge is -2.14. The SMILES string of the molecule is O=C1CC(n2c(CCCl)nc3cc(I)c(F)cc32)CN1. The van der Waals surface area contributed by atoms with Crippen LogP contribution >= 0.6 is 34.2 Å². The van der Waals surface area contributed by atoms with Gasteiger partial charge in [0, 0.05) is 31.3 Å². The molecule has 1 aliphatic rings. The number of benzene rings is 1. The maximum absolute atomic E-state index is 13.8. The third-order valence-electron chi connectivity index (χ3n) is 3.44. The number of hydrogen-bond donors (Lipinski definition) is 1. The van der Waals surface area contributed by atoms with E-state index in [1.165, 1.54) is 6.07 Å². The topological polar surface area (TPSA) is 46.9 Å². The molecule has 2 heterocycles. The largest absolute Gasteiger partial charge is 0.354 e. The summed E-state index contributed by atoms with van der Waals surface area (Å²) in [5, 5.41) is 2.80. The van der Waals surface area contributed by atoms with Crippen molar-refractivity contribution in [3.63, 3.8) is 0 Å². The lowest BCUT2D eigenvalue weighted by atomic mass is 10.2. The fourth-order valence-electron chi connectivity index (χ4n) is 2.58. The second-order valence-corrected chi connectivity index (χ2v) is 6.29. The second kappa shape index (κ2) is 5.48. The molecule has 1 unspecified atom stereocenters. The Labute approximate surface area is 133 Å². The first kappa shape index (κ1) is 14.1. The van der Waals surface area contributed by atoms with Crippen molar-refractivity contribution in [2.75, 3.05) is 12.4 Å². The van der Waals surface area contributed by atoms with E-state index in [0.717, 1.165) is 16.9 Å². The van der Waals surface area contributed by atoms with Crippen LogP contribution < -0.4 is 5.32 Å². The zero-order chi connectivity index (χ0) is 14.3. The Morgan fingerprint density at radius 1 is 1.55 bits per heavy atom. The van der Waals surface area contributed by atoms with Crippen LogP contribution in [0.2, 0.25) is 0 Å². The highest BCUT2D eigenvalue weighted by molar-refractivity contribution is 14.1. The summed E-state index contributed by atoms with van der Waals surface area (Å²) >= 11 is 7.77. The first-order valence-corrected chi connectivity index (χ1v) is 7.90. The van der Waals surface area contributed by atoms with Crippen molar-refractivity contribution in [1.82, 2.24) is 14.9 Å². The Balaban J connectivity index is 2.17. The van der Waals surface area contributed by atoms with E-state index in [4.69, 9.17) is 11.6 Å². The molecule has 106 valence electrons. The lowest BCUT2D eigenvalue weighted by molar-refractivity contribution is -0.119. The van der Waals surface area contributed by atoms with Gasteiger partial charge in [0.25, 0.3) is 0 Å². The molecule has 0 bridgehead atoms. The standard InChI is InChI=1S/C13H12ClFIN3O/c14-2-1-12-18-10-5-9(16)8(15)4-11(10)19(12)7-3-13(20)17-6-7/h4-5,7H,1-3,6H2,(H,17,20). The Kier molecular flexibility index (Phi) is 3.85. The van der Waals surface area contributed by atoms with Crippen molar-refractivity contribution in [2.24, 2.45) is 0 Å². The zero-order valence-corrected chi connectivity index (χ0v) is 13.4. The first-order chi connectivity index (χ1) is 9.60. The summed E-state index contributed by atoms with van der Waals surface area (Å²) < 4.78 is 16.3. The van der Waals surface area contributed by atoms with Crippen LogP contribution in [0, 0.1) is 9.39 Å². The van der Waals surface area contributed by atoms with Crippen LogP contribution in [-0.2, 0) is 11.2 Å². The van der Waals surface area contributed by atoms with E-state index in [0.29, 0.717) is 28.8 Å². The van der Waals surface area contributed by atoms with Crippen LogP contribution in [0.1, 0.15) is 18.3 Å². The molecule has 1 amide bonds. The number of rotatable bonds is 3. The highest BCUT2D eigenvalue weighted by Gasteiger charge is 2.27. The molecule has 0 radical (unpaired) electrons. The quantitative estimate of drug-likeness (QED) is 0.628. The third-order valence-corrected chi connectivity index (χ3v) is 4.46. The average Bonchev–Trinajstić information content (AvgIpc) is 2.94. The number of imidazole rings is 1. The molecule has 1 N–H and O–H groups in total. The number of amides is 1. The molecule has 0 spiro atoms. The van der Waals surface area contributed by atoms with Crippen LogP contribution in [0.15, 0.2) is 12.1 Å². The lowest BCUT2D eigenvalue weighted by Crippen LogP contribution is -2.17. The molecule has 2 aromatic rings. The second-order valence-electron chi connectivity index (χ2n) is 4.75. The number of carbonyl (C=O) groups excluding carboxylic acids is 1. The van der Waals surface area contributed by atoms with Crippen LogP contribution in [0.4, 0.5) is 4.39 Å². The minimum Gasteiger partial charge on any atom is -0.354 e. The summed E-state index contributed by atoms with van der Waals surface area (Å²) in [6, 6.07) is 3.19. The number of halogens is 3. The summed E-state index contributed by atoms with van der Waals surface area (Å²) in [4.78, 5) is 16.0. The molecule has 3 rings (SSSR count). The summed E-state index contributed by atoms with van der Waals surface area (Å²) in [7, 11) is 0. The van der Waals surface area contributed by atoms with Gasteiger partial charge in [-0.1, -0.05) is 0 Å². The van der Waals surface area contributed by atoms with E-state index in [1.807, 2.05) is 27.2 Å². The molecule has 4 nitrogen and oxygen atoms in total. The molecule has 0 saturated carbocycles. The fourth-order valence-corrected chi connectivity index (χ4v) is 3.20. The fraction of sp³-hybridized carbons (Fsp3) is 0.385. The highest BCUT2D eigenvalue weighted by Crippen LogP contribution is 2.28. The van der Waals surface area contributed by atoms with Gasteiger partial charge in [0.2, 0.25) is 5.91 Å². The van der Waals surface area contributed by atoms with Gasteiger partial charge in [-0.15, -0.1) is 11.6 Å². The number of aromatic nitrogens is 2. The van der Waals surface area contributed by atoms with Crippen LogP contribution in [0.3, 0.4) is 0 Å². The van der Waals surface area contributed by atoms with E-state index >= 15 is 0 Å². The van der Waals surface area contributed by atoms with Crippen molar-refractivity contribution in [3.8, 4) is 0 Å². The molecular formula is C13H12ClFIN3O. The van der Waals surface area contributed by atoms with Gasteiger partial charge in [-0.2, -0.15) is 0 Å². The van der Waals surface area contributed by atoms with Crippen molar-refractivity contribution in [2.45, 2.75) is 18.9 Å². The smallest absolute Gasteiger partial charge is 0.222 e. The number of hydrogen-bond acceptors (Lipinski definition) is 2. The Hall–Kier alpha value is -0.890. The molecule has 1 aromatic heterocycles. The molecular weight excluding hydrogens is 396 g/mol. The maximum Gasteiger partial charge on any atom is 0.222 e. The predicted octanol–water partition coefficient (Wildman–Crippen LogP) is 2.62. The number of carbonyl (C=O) groups is 1. The molecule has 1 atom stereocenters. The zero-order valence-electron chi connectivity index (χ0n) is 10.5. The minimum absolute atomic E-state index is 0.0136. The van der Waals surface area contributed by atoms with Crippen molar-refractivity contribution >= 4 is 51.1 Å². The van der Waals surface area contributed by atoms with E-state index in [1.54, 1.807) is 6.07 Å². The van der Waals surface area contributed by atoms with E-state index in [9.17, 15) is 9.18 Å². The number of aryl methyl sites for hydroxylation is 1. The van der Waals surface area contributed by atoms with Gasteiger partial charge in [-0.05, 0) is 28.7 Å². The maximum atomic E-state index is 13.8. The van der Waals surface area contributed by atoms with Crippen molar-refractivity contribution in [1.29, 1.82) is 0 Å². The monoisotopic (exact) mass is 407 g/mol. The number of alkyl halides is 1. The minimum atomic E-state index is -0.269. The van der Waals surface area contributed by atoms with Gasteiger partial charge in [-0.3, -0.25) is 4.79 Å². The number of fused-ring (bicyclic) bond motifs is 1. The van der Waals surface area contributed by atoms with Gasteiger partial charge in [-0.25, -0.2) is 9.37 Å². The number of nitrogens with one attached hydrogen (secondary N) is 1. The Bertz CT molecular complexity index is 688. The number of nitrogens with zero attached hydrogens (tertiary/aromatic N) is 2. The van der Waals surface area contributed by atoms with Gasteiger partial charge >= 0.3 is 0 Å².